The Bertz CT molecular complexity index is 773. The van der Waals surface area contributed by atoms with Crippen LogP contribution >= 0.6 is 0 Å². The van der Waals surface area contributed by atoms with Gasteiger partial charge in [0, 0.05) is 6.42 Å². The quantitative estimate of drug-likeness (QED) is 0.588. The Hall–Kier alpha value is -2.69. The summed E-state index contributed by atoms with van der Waals surface area (Å²) in [6.07, 6.45) is 1.07. The minimum Gasteiger partial charge on any atom is -0.491 e. The molecule has 0 radical (unpaired) electrons. The third-order valence-corrected chi connectivity index (χ3v) is 4.26. The van der Waals surface area contributed by atoms with Crippen LogP contribution in [0.1, 0.15) is 37.0 Å². The Morgan fingerprint density at radius 2 is 1.61 bits per heavy atom. The van der Waals surface area contributed by atoms with Crippen molar-refractivity contribution in [2.75, 3.05) is 26.4 Å². The number of ether oxygens (including phenoxy) is 3. The second-order valence-electron chi connectivity index (χ2n) is 6.61. The van der Waals surface area contributed by atoms with Crippen LogP contribution in [-0.4, -0.2) is 32.3 Å². The molecule has 0 aliphatic heterocycles. The summed E-state index contributed by atoms with van der Waals surface area (Å²) in [5.74, 6) is 2.33. The van der Waals surface area contributed by atoms with Crippen molar-refractivity contribution in [3.8, 4) is 17.2 Å². The van der Waals surface area contributed by atoms with Gasteiger partial charge in [-0.15, -0.1) is 0 Å². The molecule has 5 heteroatoms. The van der Waals surface area contributed by atoms with Crippen LogP contribution in [0.15, 0.2) is 36.4 Å². The van der Waals surface area contributed by atoms with Gasteiger partial charge in [0.15, 0.2) is 11.5 Å². The largest absolute Gasteiger partial charge is 0.491 e. The molecule has 0 saturated heterocycles. The topological polar surface area (TPSA) is 56.8 Å². The molecule has 0 heterocycles. The van der Waals surface area contributed by atoms with E-state index in [2.05, 4.69) is 18.3 Å². The van der Waals surface area contributed by atoms with E-state index in [0.717, 1.165) is 28.4 Å². The highest BCUT2D eigenvalue weighted by atomic mass is 16.5. The highest BCUT2D eigenvalue weighted by Gasteiger charge is 2.08. The van der Waals surface area contributed by atoms with Crippen LogP contribution in [0.25, 0.3) is 0 Å². The van der Waals surface area contributed by atoms with Crippen molar-refractivity contribution < 1.29 is 19.0 Å². The molecule has 0 aromatic heterocycles. The number of aryl methyl sites for hydroxylation is 3. The van der Waals surface area contributed by atoms with Gasteiger partial charge < -0.3 is 19.5 Å². The van der Waals surface area contributed by atoms with Gasteiger partial charge in [-0.05, 0) is 63.4 Å². The molecule has 0 aliphatic rings. The van der Waals surface area contributed by atoms with Gasteiger partial charge in [-0.2, -0.15) is 0 Å². The molecule has 0 fully saturated rings. The Labute approximate surface area is 168 Å². The number of hydrogen-bond acceptors (Lipinski definition) is 4. The molecule has 0 bridgehead atoms. The summed E-state index contributed by atoms with van der Waals surface area (Å²) < 4.78 is 16.9. The van der Waals surface area contributed by atoms with E-state index in [0.29, 0.717) is 39.2 Å². The summed E-state index contributed by atoms with van der Waals surface area (Å²) in [4.78, 5) is 12.1. The minimum atomic E-state index is 0.0103. The van der Waals surface area contributed by atoms with Crippen LogP contribution in [0.5, 0.6) is 17.2 Å². The zero-order valence-electron chi connectivity index (χ0n) is 17.3. The summed E-state index contributed by atoms with van der Waals surface area (Å²) in [5, 5.41) is 2.91. The van der Waals surface area contributed by atoms with Crippen LogP contribution in [0, 0.1) is 13.8 Å². The van der Waals surface area contributed by atoms with Crippen LogP contribution in [0.3, 0.4) is 0 Å². The lowest BCUT2D eigenvalue weighted by atomic mass is 10.1. The van der Waals surface area contributed by atoms with Gasteiger partial charge in [0.1, 0.15) is 12.4 Å². The van der Waals surface area contributed by atoms with E-state index in [1.807, 2.05) is 51.1 Å². The molecule has 0 aliphatic carbocycles. The predicted molar refractivity (Wildman–Crippen MR) is 112 cm³/mol. The van der Waals surface area contributed by atoms with E-state index < -0.39 is 0 Å². The van der Waals surface area contributed by atoms with E-state index in [1.165, 1.54) is 5.56 Å². The maximum atomic E-state index is 12.1. The minimum absolute atomic E-state index is 0.0103. The molecular formula is C23H31NO4. The monoisotopic (exact) mass is 385 g/mol. The van der Waals surface area contributed by atoms with E-state index in [9.17, 15) is 4.79 Å². The molecule has 1 amide bonds. The second-order valence-corrected chi connectivity index (χ2v) is 6.61. The average Bonchev–Trinajstić information content (AvgIpc) is 2.67. The average molecular weight is 386 g/mol. The number of hydrogen-bond donors (Lipinski definition) is 1. The summed E-state index contributed by atoms with van der Waals surface area (Å²) in [6.45, 7) is 10.1. The normalized spacial score (nSPS) is 10.4. The highest BCUT2D eigenvalue weighted by molar-refractivity contribution is 5.76. The Kier molecular flexibility index (Phi) is 8.66. The van der Waals surface area contributed by atoms with E-state index in [-0.39, 0.29) is 5.91 Å². The van der Waals surface area contributed by atoms with Gasteiger partial charge in [-0.1, -0.05) is 23.8 Å². The maximum absolute atomic E-state index is 12.1. The number of nitrogens with one attached hydrogen (secondary N) is 1. The van der Waals surface area contributed by atoms with Crippen molar-refractivity contribution in [1.82, 2.24) is 5.32 Å². The number of carbonyl (C=O) groups is 1. The number of amides is 1. The first-order valence-corrected chi connectivity index (χ1v) is 9.88. The Balaban J connectivity index is 1.75. The first kappa shape index (κ1) is 21.6. The van der Waals surface area contributed by atoms with Crippen molar-refractivity contribution in [1.29, 1.82) is 0 Å². The van der Waals surface area contributed by atoms with Gasteiger partial charge >= 0.3 is 0 Å². The van der Waals surface area contributed by atoms with Crippen LogP contribution in [0.4, 0.5) is 0 Å². The molecule has 5 nitrogen and oxygen atoms in total. The van der Waals surface area contributed by atoms with Crippen molar-refractivity contribution in [3.63, 3.8) is 0 Å². The van der Waals surface area contributed by atoms with Gasteiger partial charge in [-0.25, -0.2) is 0 Å². The third kappa shape index (κ3) is 6.80. The Morgan fingerprint density at radius 1 is 0.893 bits per heavy atom. The van der Waals surface area contributed by atoms with Crippen molar-refractivity contribution >= 4 is 5.91 Å². The molecule has 28 heavy (non-hydrogen) atoms. The summed E-state index contributed by atoms with van der Waals surface area (Å²) >= 11 is 0. The van der Waals surface area contributed by atoms with E-state index in [4.69, 9.17) is 14.2 Å². The zero-order valence-corrected chi connectivity index (χ0v) is 17.3. The fourth-order valence-electron chi connectivity index (χ4n) is 2.91. The maximum Gasteiger partial charge on any atom is 0.220 e. The lowest BCUT2D eigenvalue weighted by molar-refractivity contribution is -0.121. The molecule has 152 valence electrons. The van der Waals surface area contributed by atoms with E-state index in [1.54, 1.807) is 0 Å². The molecule has 0 atom stereocenters. The molecular weight excluding hydrogens is 354 g/mol. The van der Waals surface area contributed by atoms with Crippen molar-refractivity contribution in [2.45, 2.75) is 40.5 Å². The van der Waals surface area contributed by atoms with Gasteiger partial charge in [-0.3, -0.25) is 4.79 Å². The van der Waals surface area contributed by atoms with Gasteiger partial charge in [0.2, 0.25) is 5.91 Å². The van der Waals surface area contributed by atoms with Crippen molar-refractivity contribution in [2.24, 2.45) is 0 Å². The number of carbonyl (C=O) groups excluding carboxylic acids is 1. The SMILES string of the molecule is CCOc1ccc(CCC(=O)NCCOc2ccc(C)cc2C)cc1OCC. The lowest BCUT2D eigenvalue weighted by Crippen LogP contribution is -2.28. The number of benzene rings is 2. The fraction of sp³-hybridized carbons (Fsp3) is 0.435. The van der Waals surface area contributed by atoms with Crippen LogP contribution in [-0.2, 0) is 11.2 Å². The predicted octanol–water partition coefficient (Wildman–Crippen LogP) is 4.23. The summed E-state index contributed by atoms with van der Waals surface area (Å²) in [7, 11) is 0. The lowest BCUT2D eigenvalue weighted by Gasteiger charge is -2.13. The van der Waals surface area contributed by atoms with Crippen molar-refractivity contribution in [3.05, 3.63) is 53.1 Å². The number of rotatable bonds is 11. The molecule has 0 spiro atoms. The van der Waals surface area contributed by atoms with Gasteiger partial charge in [0.25, 0.3) is 0 Å². The van der Waals surface area contributed by atoms with Crippen LogP contribution in [0.2, 0.25) is 0 Å². The standard InChI is InChI=1S/C23H31NO4/c1-5-26-21-11-8-19(16-22(21)27-6-2)9-12-23(25)24-13-14-28-20-10-7-17(3)15-18(20)4/h7-8,10-11,15-16H,5-6,9,12-14H2,1-4H3,(H,24,25). The van der Waals surface area contributed by atoms with Crippen LogP contribution < -0.4 is 19.5 Å². The Morgan fingerprint density at radius 3 is 2.32 bits per heavy atom. The smallest absolute Gasteiger partial charge is 0.220 e. The molecule has 0 saturated carbocycles. The molecule has 2 aromatic carbocycles. The first-order chi connectivity index (χ1) is 13.5. The highest BCUT2D eigenvalue weighted by Crippen LogP contribution is 2.29. The van der Waals surface area contributed by atoms with E-state index >= 15 is 0 Å². The molecule has 0 unspecified atom stereocenters. The first-order valence-electron chi connectivity index (χ1n) is 9.88. The summed E-state index contributed by atoms with van der Waals surface area (Å²) in [6, 6.07) is 11.9. The van der Waals surface area contributed by atoms with Gasteiger partial charge in [0.05, 0.1) is 19.8 Å². The third-order valence-electron chi connectivity index (χ3n) is 4.26. The molecule has 2 rings (SSSR count). The zero-order chi connectivity index (χ0) is 20.4. The molecule has 1 N–H and O–H groups in total. The summed E-state index contributed by atoms with van der Waals surface area (Å²) in [5.41, 5.74) is 3.36. The fourth-order valence-corrected chi connectivity index (χ4v) is 2.91. The molecule has 2 aromatic rings. The second kappa shape index (κ2) is 11.2.